The van der Waals surface area contributed by atoms with Gasteiger partial charge < -0.3 is 19.3 Å². The fourth-order valence-corrected chi connectivity index (χ4v) is 5.88. The van der Waals surface area contributed by atoms with Crippen molar-refractivity contribution >= 4 is 11.9 Å². The highest BCUT2D eigenvalue weighted by molar-refractivity contribution is 5.77. The SMILES string of the molecule is CC1CCC(c2ccc(OC(=O)C3CCC(C(=O)OC4=CC=C(N(C)CCN(C)C)CC4)CC3)cc2)CC1. The van der Waals surface area contributed by atoms with Gasteiger partial charge in [0.15, 0.2) is 0 Å². The van der Waals surface area contributed by atoms with E-state index < -0.39 is 0 Å². The highest BCUT2D eigenvalue weighted by atomic mass is 16.5. The minimum Gasteiger partial charge on any atom is -0.431 e. The Balaban J connectivity index is 1.19. The molecule has 0 aliphatic heterocycles. The molecule has 0 saturated heterocycles. The number of likely N-dealkylation sites (N-methyl/N-ethyl adjacent to an activating group) is 2. The molecule has 6 nitrogen and oxygen atoms in total. The second-order valence-corrected chi connectivity index (χ2v) is 11.9. The maximum atomic E-state index is 12.8. The van der Waals surface area contributed by atoms with Crippen molar-refractivity contribution in [3.05, 3.63) is 53.4 Å². The van der Waals surface area contributed by atoms with Gasteiger partial charge in [0.25, 0.3) is 0 Å². The van der Waals surface area contributed by atoms with Crippen molar-refractivity contribution < 1.29 is 19.1 Å². The third-order valence-electron chi connectivity index (χ3n) is 8.67. The molecule has 0 heterocycles. The Labute approximate surface area is 229 Å². The van der Waals surface area contributed by atoms with E-state index in [1.165, 1.54) is 36.9 Å². The summed E-state index contributed by atoms with van der Waals surface area (Å²) in [5.41, 5.74) is 2.62. The van der Waals surface area contributed by atoms with Crippen molar-refractivity contribution in [1.82, 2.24) is 9.80 Å². The molecule has 0 radical (unpaired) electrons. The highest BCUT2D eigenvalue weighted by Crippen LogP contribution is 2.36. The smallest absolute Gasteiger partial charge is 0.314 e. The number of allylic oxidation sites excluding steroid dienone is 4. The molecule has 1 aromatic carbocycles. The van der Waals surface area contributed by atoms with Crippen LogP contribution in [-0.4, -0.2) is 56.0 Å². The number of hydrogen-bond donors (Lipinski definition) is 0. The van der Waals surface area contributed by atoms with Crippen molar-refractivity contribution in [2.45, 2.75) is 77.0 Å². The normalized spacial score (nSPS) is 25.8. The first kappa shape index (κ1) is 28.4. The summed E-state index contributed by atoms with van der Waals surface area (Å²) in [7, 11) is 6.26. The van der Waals surface area contributed by atoms with Crippen LogP contribution in [0.2, 0.25) is 0 Å². The van der Waals surface area contributed by atoms with Crippen molar-refractivity contribution in [1.29, 1.82) is 0 Å². The topological polar surface area (TPSA) is 59.1 Å². The zero-order chi connectivity index (χ0) is 27.1. The van der Waals surface area contributed by atoms with Crippen LogP contribution in [0, 0.1) is 17.8 Å². The molecule has 2 fully saturated rings. The van der Waals surface area contributed by atoms with Gasteiger partial charge in [0, 0.05) is 32.3 Å². The van der Waals surface area contributed by atoms with E-state index in [2.05, 4.69) is 56.1 Å². The molecule has 6 heteroatoms. The van der Waals surface area contributed by atoms with E-state index in [4.69, 9.17) is 9.47 Å². The van der Waals surface area contributed by atoms with Crippen molar-refractivity contribution in [2.24, 2.45) is 17.8 Å². The molecule has 208 valence electrons. The second-order valence-electron chi connectivity index (χ2n) is 11.9. The van der Waals surface area contributed by atoms with Gasteiger partial charge in [0.2, 0.25) is 0 Å². The molecule has 0 bridgehead atoms. The minimum atomic E-state index is -0.179. The maximum absolute atomic E-state index is 12.8. The number of ether oxygens (including phenoxy) is 2. The molecule has 0 atom stereocenters. The Hall–Kier alpha value is -2.60. The summed E-state index contributed by atoms with van der Waals surface area (Å²) in [6.45, 7) is 4.31. The molecule has 3 aliphatic carbocycles. The van der Waals surface area contributed by atoms with E-state index in [9.17, 15) is 9.59 Å². The fourth-order valence-electron chi connectivity index (χ4n) is 5.88. The van der Waals surface area contributed by atoms with Gasteiger partial charge in [-0.1, -0.05) is 31.9 Å². The van der Waals surface area contributed by atoms with Crippen molar-refractivity contribution in [2.75, 3.05) is 34.2 Å². The summed E-state index contributed by atoms with van der Waals surface area (Å²) < 4.78 is 11.5. The standard InChI is InChI=1S/C32H46N2O4/c1-23-5-7-24(8-6-23)25-13-17-29(18-14-25)37-31(35)26-9-11-27(12-10-26)32(36)38-30-19-15-28(16-20-30)34(4)22-21-33(2)3/h13-15,17-19,23-24,26-27H,5-12,16,20-22H2,1-4H3. The summed E-state index contributed by atoms with van der Waals surface area (Å²) in [5.74, 6) is 2.18. The van der Waals surface area contributed by atoms with Gasteiger partial charge in [0.05, 0.1) is 11.8 Å². The van der Waals surface area contributed by atoms with Crippen LogP contribution in [0.3, 0.4) is 0 Å². The van der Waals surface area contributed by atoms with Gasteiger partial charge in [-0.25, -0.2) is 0 Å². The number of carbonyl (C=O) groups is 2. The van der Waals surface area contributed by atoms with Crippen molar-refractivity contribution in [3.63, 3.8) is 0 Å². The summed E-state index contributed by atoms with van der Waals surface area (Å²) in [6.07, 6.45) is 13.4. The number of esters is 2. The lowest BCUT2D eigenvalue weighted by Crippen LogP contribution is -2.30. The molecule has 4 rings (SSSR count). The predicted octanol–water partition coefficient (Wildman–Crippen LogP) is 6.29. The quantitative estimate of drug-likeness (QED) is 0.281. The third kappa shape index (κ3) is 7.95. The minimum absolute atomic E-state index is 0.148. The van der Waals surface area contributed by atoms with E-state index in [-0.39, 0.29) is 23.8 Å². The average Bonchev–Trinajstić information content (AvgIpc) is 2.93. The first-order valence-corrected chi connectivity index (χ1v) is 14.6. The molecule has 0 unspecified atom stereocenters. The zero-order valence-electron chi connectivity index (χ0n) is 23.8. The van der Waals surface area contributed by atoms with Gasteiger partial charge in [-0.2, -0.15) is 0 Å². The van der Waals surface area contributed by atoms with E-state index in [1.54, 1.807) is 0 Å². The lowest BCUT2D eigenvalue weighted by Gasteiger charge is -2.28. The Morgan fingerprint density at radius 2 is 1.37 bits per heavy atom. The van der Waals surface area contributed by atoms with E-state index in [0.717, 1.165) is 37.6 Å². The first-order chi connectivity index (χ1) is 18.3. The maximum Gasteiger partial charge on any atom is 0.314 e. The predicted molar refractivity (Wildman–Crippen MR) is 151 cm³/mol. The molecular formula is C32H46N2O4. The van der Waals surface area contributed by atoms with E-state index in [1.807, 2.05) is 18.2 Å². The Bertz CT molecular complexity index is 997. The monoisotopic (exact) mass is 522 g/mol. The van der Waals surface area contributed by atoms with Gasteiger partial charge in [-0.3, -0.25) is 9.59 Å². The molecular weight excluding hydrogens is 476 g/mol. The Morgan fingerprint density at radius 1 is 0.763 bits per heavy atom. The molecule has 2 saturated carbocycles. The first-order valence-electron chi connectivity index (χ1n) is 14.6. The number of carbonyl (C=O) groups excluding carboxylic acids is 2. The highest BCUT2D eigenvalue weighted by Gasteiger charge is 2.32. The largest absolute Gasteiger partial charge is 0.431 e. The molecule has 1 aromatic rings. The third-order valence-corrected chi connectivity index (χ3v) is 8.67. The van der Waals surface area contributed by atoms with Crippen molar-refractivity contribution in [3.8, 4) is 5.75 Å². The van der Waals surface area contributed by atoms with E-state index in [0.29, 0.717) is 37.4 Å². The van der Waals surface area contributed by atoms with Crippen LogP contribution < -0.4 is 4.74 Å². The summed E-state index contributed by atoms with van der Waals surface area (Å²) in [6, 6.07) is 8.12. The van der Waals surface area contributed by atoms with Crippen LogP contribution in [0.25, 0.3) is 0 Å². The number of rotatable bonds is 9. The van der Waals surface area contributed by atoms with Crippen LogP contribution in [0.5, 0.6) is 5.75 Å². The number of benzene rings is 1. The van der Waals surface area contributed by atoms with Crippen LogP contribution in [0.15, 0.2) is 47.9 Å². The van der Waals surface area contributed by atoms with Crippen LogP contribution in [0.1, 0.15) is 82.6 Å². The number of hydrogen-bond acceptors (Lipinski definition) is 6. The van der Waals surface area contributed by atoms with Gasteiger partial charge in [0.1, 0.15) is 11.5 Å². The lowest BCUT2D eigenvalue weighted by molar-refractivity contribution is -0.148. The van der Waals surface area contributed by atoms with Crippen LogP contribution >= 0.6 is 0 Å². The molecule has 0 N–H and O–H groups in total. The zero-order valence-corrected chi connectivity index (χ0v) is 23.8. The lowest BCUT2D eigenvalue weighted by atomic mass is 9.79. The molecule has 38 heavy (non-hydrogen) atoms. The molecule has 0 aromatic heterocycles. The molecule has 0 spiro atoms. The number of nitrogens with zero attached hydrogens (tertiary/aromatic N) is 2. The summed E-state index contributed by atoms with van der Waals surface area (Å²) >= 11 is 0. The van der Waals surface area contributed by atoms with E-state index >= 15 is 0 Å². The van der Waals surface area contributed by atoms with Gasteiger partial charge in [-0.15, -0.1) is 0 Å². The Morgan fingerprint density at radius 3 is 1.92 bits per heavy atom. The molecule has 0 amide bonds. The average molecular weight is 523 g/mol. The fraction of sp³-hybridized carbons (Fsp3) is 0.625. The summed E-state index contributed by atoms with van der Waals surface area (Å²) in [4.78, 5) is 30.0. The Kier molecular flexibility index (Phi) is 10.1. The second kappa shape index (κ2) is 13.5. The van der Waals surface area contributed by atoms with Gasteiger partial charge >= 0.3 is 11.9 Å². The molecule has 3 aliphatic rings. The summed E-state index contributed by atoms with van der Waals surface area (Å²) in [5, 5.41) is 0. The van der Waals surface area contributed by atoms with Crippen LogP contribution in [-0.2, 0) is 14.3 Å². The van der Waals surface area contributed by atoms with Crippen LogP contribution in [0.4, 0.5) is 0 Å². The van der Waals surface area contributed by atoms with Gasteiger partial charge in [-0.05, 0) is 101 Å².